The summed E-state index contributed by atoms with van der Waals surface area (Å²) in [5.41, 5.74) is 4.61. The summed E-state index contributed by atoms with van der Waals surface area (Å²) in [6, 6.07) is 8.08. The first-order chi connectivity index (χ1) is 5.38. The zero-order valence-corrected chi connectivity index (χ0v) is 7.90. The molecule has 2 N–H and O–H groups in total. The number of halogens is 1. The van der Waals surface area contributed by atoms with Gasteiger partial charge in [0.2, 0.25) is 0 Å². The predicted molar refractivity (Wildman–Crippen MR) is 51.7 cm³/mol. The SMILES string of the molecule is CCc1ccccc1CNO.Cl. The Kier molecular flexibility index (Phi) is 5.72. The molecule has 0 bridgehead atoms. The lowest BCUT2D eigenvalue weighted by Crippen LogP contribution is -2.07. The van der Waals surface area contributed by atoms with Gasteiger partial charge in [-0.3, -0.25) is 0 Å². The van der Waals surface area contributed by atoms with Crippen LogP contribution >= 0.6 is 12.4 Å². The van der Waals surface area contributed by atoms with Crippen LogP contribution in [0.3, 0.4) is 0 Å². The van der Waals surface area contributed by atoms with Crippen molar-refractivity contribution in [3.05, 3.63) is 35.4 Å². The fraction of sp³-hybridized carbons (Fsp3) is 0.333. The average Bonchev–Trinajstić information content (AvgIpc) is 2.06. The lowest BCUT2D eigenvalue weighted by Gasteiger charge is -2.04. The monoisotopic (exact) mass is 187 g/mol. The van der Waals surface area contributed by atoms with E-state index in [-0.39, 0.29) is 12.4 Å². The highest BCUT2D eigenvalue weighted by atomic mass is 35.5. The predicted octanol–water partition coefficient (Wildman–Crippen LogP) is 2.15. The van der Waals surface area contributed by atoms with Crippen molar-refractivity contribution in [2.45, 2.75) is 19.9 Å². The van der Waals surface area contributed by atoms with Crippen LogP contribution in [0.25, 0.3) is 0 Å². The van der Waals surface area contributed by atoms with Crippen molar-refractivity contribution in [2.75, 3.05) is 0 Å². The Hall–Kier alpha value is -0.570. The van der Waals surface area contributed by atoms with Crippen LogP contribution in [0.5, 0.6) is 0 Å². The minimum absolute atomic E-state index is 0. The number of hydroxylamine groups is 1. The van der Waals surface area contributed by atoms with E-state index in [4.69, 9.17) is 5.21 Å². The highest BCUT2D eigenvalue weighted by molar-refractivity contribution is 5.85. The smallest absolute Gasteiger partial charge is 0.0460 e. The molecule has 0 heterocycles. The number of nitrogens with one attached hydrogen (secondary N) is 1. The van der Waals surface area contributed by atoms with Crippen molar-refractivity contribution in [1.82, 2.24) is 5.48 Å². The molecule has 12 heavy (non-hydrogen) atoms. The van der Waals surface area contributed by atoms with Crippen molar-refractivity contribution in [3.8, 4) is 0 Å². The molecule has 0 spiro atoms. The van der Waals surface area contributed by atoms with Gasteiger partial charge in [-0.15, -0.1) is 12.4 Å². The quantitative estimate of drug-likeness (QED) is 0.711. The summed E-state index contributed by atoms with van der Waals surface area (Å²) in [7, 11) is 0. The molecular formula is C9H14ClNO. The van der Waals surface area contributed by atoms with Gasteiger partial charge in [-0.1, -0.05) is 31.2 Å². The molecule has 0 saturated heterocycles. The summed E-state index contributed by atoms with van der Waals surface area (Å²) >= 11 is 0. The van der Waals surface area contributed by atoms with Crippen LogP contribution in [0.15, 0.2) is 24.3 Å². The van der Waals surface area contributed by atoms with E-state index in [1.54, 1.807) is 0 Å². The Morgan fingerprint density at radius 1 is 1.25 bits per heavy atom. The second-order valence-corrected chi connectivity index (χ2v) is 2.46. The fourth-order valence-corrected chi connectivity index (χ4v) is 1.16. The van der Waals surface area contributed by atoms with Gasteiger partial charge in [-0.2, -0.15) is 0 Å². The van der Waals surface area contributed by atoms with E-state index in [1.807, 2.05) is 18.2 Å². The molecule has 0 radical (unpaired) electrons. The number of hydrogen-bond acceptors (Lipinski definition) is 2. The van der Waals surface area contributed by atoms with E-state index in [2.05, 4.69) is 18.5 Å². The number of hydrogen-bond donors (Lipinski definition) is 2. The standard InChI is InChI=1S/C9H13NO.ClH/c1-2-8-5-3-4-6-9(8)7-10-11;/h3-6,10-11H,2,7H2,1H3;1H. The third-order valence-corrected chi connectivity index (χ3v) is 1.77. The third-order valence-electron chi connectivity index (χ3n) is 1.77. The van der Waals surface area contributed by atoms with E-state index in [0.29, 0.717) is 6.54 Å². The zero-order chi connectivity index (χ0) is 8.10. The summed E-state index contributed by atoms with van der Waals surface area (Å²) in [6.07, 6.45) is 1.01. The van der Waals surface area contributed by atoms with Crippen LogP contribution < -0.4 is 5.48 Å². The van der Waals surface area contributed by atoms with Gasteiger partial charge in [0.05, 0.1) is 0 Å². The van der Waals surface area contributed by atoms with Crippen LogP contribution in [0.1, 0.15) is 18.1 Å². The van der Waals surface area contributed by atoms with Crippen molar-refractivity contribution in [1.29, 1.82) is 0 Å². The van der Waals surface area contributed by atoms with E-state index in [9.17, 15) is 0 Å². The largest absolute Gasteiger partial charge is 0.316 e. The van der Waals surface area contributed by atoms with Crippen molar-refractivity contribution < 1.29 is 5.21 Å². The van der Waals surface area contributed by atoms with Gasteiger partial charge in [0.15, 0.2) is 0 Å². The number of benzene rings is 1. The van der Waals surface area contributed by atoms with Gasteiger partial charge in [0.1, 0.15) is 0 Å². The number of rotatable bonds is 3. The zero-order valence-electron chi connectivity index (χ0n) is 7.08. The lowest BCUT2D eigenvalue weighted by atomic mass is 10.1. The van der Waals surface area contributed by atoms with Crippen LogP contribution in [-0.2, 0) is 13.0 Å². The highest BCUT2D eigenvalue weighted by Gasteiger charge is 1.96. The van der Waals surface area contributed by atoms with Crippen molar-refractivity contribution >= 4 is 12.4 Å². The molecule has 0 aliphatic rings. The van der Waals surface area contributed by atoms with E-state index in [1.165, 1.54) is 5.56 Å². The Bertz CT molecular complexity index is 228. The van der Waals surface area contributed by atoms with Crippen LogP contribution in [0, 0.1) is 0 Å². The van der Waals surface area contributed by atoms with E-state index < -0.39 is 0 Å². The molecule has 1 aromatic carbocycles. The van der Waals surface area contributed by atoms with Crippen molar-refractivity contribution in [3.63, 3.8) is 0 Å². The van der Waals surface area contributed by atoms with E-state index in [0.717, 1.165) is 12.0 Å². The molecular weight excluding hydrogens is 174 g/mol. The van der Waals surface area contributed by atoms with Gasteiger partial charge in [0.25, 0.3) is 0 Å². The topological polar surface area (TPSA) is 32.3 Å². The fourth-order valence-electron chi connectivity index (χ4n) is 1.16. The average molecular weight is 188 g/mol. The molecule has 3 heteroatoms. The second kappa shape index (κ2) is 6.00. The third kappa shape index (κ3) is 2.81. The lowest BCUT2D eigenvalue weighted by molar-refractivity contribution is 0.161. The first-order valence-electron chi connectivity index (χ1n) is 3.82. The molecule has 1 aromatic rings. The van der Waals surface area contributed by atoms with Gasteiger partial charge in [0, 0.05) is 6.54 Å². The van der Waals surface area contributed by atoms with E-state index >= 15 is 0 Å². The molecule has 1 rings (SSSR count). The maximum Gasteiger partial charge on any atom is 0.0460 e. The van der Waals surface area contributed by atoms with Gasteiger partial charge in [-0.25, -0.2) is 5.48 Å². The maximum atomic E-state index is 8.49. The molecule has 0 aliphatic heterocycles. The molecule has 0 amide bonds. The summed E-state index contributed by atoms with van der Waals surface area (Å²) in [5.74, 6) is 0. The number of aryl methyl sites for hydroxylation is 1. The summed E-state index contributed by atoms with van der Waals surface area (Å²) in [6.45, 7) is 2.64. The molecule has 0 atom stereocenters. The van der Waals surface area contributed by atoms with Crippen LogP contribution in [-0.4, -0.2) is 5.21 Å². The molecule has 0 saturated carbocycles. The van der Waals surface area contributed by atoms with Crippen molar-refractivity contribution in [2.24, 2.45) is 0 Å². The molecule has 0 fully saturated rings. The first kappa shape index (κ1) is 11.4. The minimum atomic E-state index is 0. The Morgan fingerprint density at radius 2 is 1.83 bits per heavy atom. The van der Waals surface area contributed by atoms with Gasteiger partial charge in [-0.05, 0) is 17.5 Å². The van der Waals surface area contributed by atoms with Crippen LogP contribution in [0.2, 0.25) is 0 Å². The first-order valence-corrected chi connectivity index (χ1v) is 3.82. The molecule has 0 aliphatic carbocycles. The normalized spacial score (nSPS) is 9.17. The molecule has 0 unspecified atom stereocenters. The second-order valence-electron chi connectivity index (χ2n) is 2.46. The van der Waals surface area contributed by atoms with Gasteiger partial charge >= 0.3 is 0 Å². The maximum absolute atomic E-state index is 8.49. The Morgan fingerprint density at radius 3 is 2.33 bits per heavy atom. The molecule has 68 valence electrons. The molecule has 0 aromatic heterocycles. The molecule has 2 nitrogen and oxygen atoms in total. The van der Waals surface area contributed by atoms with Gasteiger partial charge < -0.3 is 5.21 Å². The minimum Gasteiger partial charge on any atom is -0.316 e. The summed E-state index contributed by atoms with van der Waals surface area (Å²) in [5, 5.41) is 8.49. The Balaban J connectivity index is 0.00000121. The van der Waals surface area contributed by atoms with Crippen LogP contribution in [0.4, 0.5) is 0 Å². The highest BCUT2D eigenvalue weighted by Crippen LogP contribution is 2.08. The Labute approximate surface area is 79.0 Å². The summed E-state index contributed by atoms with van der Waals surface area (Å²) < 4.78 is 0. The summed E-state index contributed by atoms with van der Waals surface area (Å²) in [4.78, 5) is 0.